The van der Waals surface area contributed by atoms with Crippen LogP contribution >= 0.6 is 0 Å². The standard InChI is InChI=1S/C16H15F6N5O/c1-8(14(28)23-7-27(2)3)25-12-6-24-26-13-10(12)4-9(15(17,18)19)5-11(13)16(20,21)22/h4-8H,1-3H3,(H,25,26)/t8-/m0/s1. The molecule has 2 rings (SSSR count). The molecule has 1 N–H and O–H groups in total. The van der Waals surface area contributed by atoms with Gasteiger partial charge in [0.2, 0.25) is 0 Å². The van der Waals surface area contributed by atoms with Crippen LogP contribution in [0.3, 0.4) is 0 Å². The van der Waals surface area contributed by atoms with Crippen LogP contribution in [0.2, 0.25) is 0 Å². The number of carbonyl (C=O) groups excluding carboxylic acids is 1. The van der Waals surface area contributed by atoms with E-state index in [4.69, 9.17) is 0 Å². The van der Waals surface area contributed by atoms with Gasteiger partial charge in [-0.15, -0.1) is 5.10 Å². The third-order valence-electron chi connectivity index (χ3n) is 3.54. The minimum atomic E-state index is -5.08. The van der Waals surface area contributed by atoms with E-state index in [2.05, 4.69) is 20.5 Å². The molecule has 152 valence electrons. The van der Waals surface area contributed by atoms with Gasteiger partial charge in [-0.2, -0.15) is 31.4 Å². The van der Waals surface area contributed by atoms with E-state index in [-0.39, 0.29) is 11.8 Å². The SMILES string of the molecule is C[C@H](Nc1cnnc2c(C(F)(F)F)cc(C(F)(F)F)cc12)C(=O)N=CN(C)C. The average Bonchev–Trinajstić information content (AvgIpc) is 2.57. The fourth-order valence-electron chi connectivity index (χ4n) is 2.24. The van der Waals surface area contributed by atoms with E-state index < -0.39 is 46.3 Å². The summed E-state index contributed by atoms with van der Waals surface area (Å²) in [4.78, 5) is 17.1. The van der Waals surface area contributed by atoms with Crippen molar-refractivity contribution >= 4 is 28.8 Å². The Morgan fingerprint density at radius 2 is 1.82 bits per heavy atom. The Labute approximate surface area is 155 Å². The highest BCUT2D eigenvalue weighted by Crippen LogP contribution is 2.40. The summed E-state index contributed by atoms with van der Waals surface area (Å²) in [7, 11) is 3.24. The largest absolute Gasteiger partial charge is 0.418 e. The molecule has 1 atom stereocenters. The molecule has 0 unspecified atom stereocenters. The number of aliphatic imine (C=N–C) groups is 1. The zero-order valence-corrected chi connectivity index (χ0v) is 14.9. The number of carbonyl (C=O) groups is 1. The van der Waals surface area contributed by atoms with Crippen molar-refractivity contribution in [1.29, 1.82) is 0 Å². The number of alkyl halides is 6. The maximum absolute atomic E-state index is 13.3. The molecule has 0 saturated heterocycles. The van der Waals surface area contributed by atoms with Gasteiger partial charge < -0.3 is 10.2 Å². The van der Waals surface area contributed by atoms with E-state index in [1.807, 2.05) is 0 Å². The summed E-state index contributed by atoms with van der Waals surface area (Å²) in [6.45, 7) is 1.36. The second kappa shape index (κ2) is 7.60. The van der Waals surface area contributed by atoms with Gasteiger partial charge in [0.15, 0.2) is 0 Å². The third-order valence-corrected chi connectivity index (χ3v) is 3.54. The Morgan fingerprint density at radius 1 is 1.18 bits per heavy atom. The molecule has 0 aliphatic heterocycles. The molecular formula is C16H15F6N5O. The first-order valence-corrected chi connectivity index (χ1v) is 7.75. The quantitative estimate of drug-likeness (QED) is 0.477. The lowest BCUT2D eigenvalue weighted by atomic mass is 10.0. The van der Waals surface area contributed by atoms with Crippen LogP contribution in [0, 0.1) is 0 Å². The summed E-state index contributed by atoms with van der Waals surface area (Å²) in [6, 6.07) is -0.522. The van der Waals surface area contributed by atoms with Crippen molar-refractivity contribution in [3.05, 3.63) is 29.5 Å². The second-order valence-corrected chi connectivity index (χ2v) is 6.09. The van der Waals surface area contributed by atoms with Gasteiger partial charge in [0.1, 0.15) is 11.6 Å². The highest BCUT2D eigenvalue weighted by Gasteiger charge is 2.39. The van der Waals surface area contributed by atoms with Gasteiger partial charge in [-0.05, 0) is 19.1 Å². The van der Waals surface area contributed by atoms with Crippen molar-refractivity contribution in [3.8, 4) is 0 Å². The lowest BCUT2D eigenvalue weighted by Gasteiger charge is -2.17. The van der Waals surface area contributed by atoms with E-state index >= 15 is 0 Å². The smallest absolute Gasteiger partial charge is 0.372 e. The van der Waals surface area contributed by atoms with Crippen molar-refractivity contribution in [2.24, 2.45) is 4.99 Å². The molecule has 0 aliphatic rings. The van der Waals surface area contributed by atoms with Gasteiger partial charge in [-0.3, -0.25) is 4.79 Å². The molecular weight excluding hydrogens is 392 g/mol. The maximum Gasteiger partial charge on any atom is 0.418 e. The predicted molar refractivity (Wildman–Crippen MR) is 89.8 cm³/mol. The van der Waals surface area contributed by atoms with Crippen molar-refractivity contribution in [2.45, 2.75) is 25.3 Å². The first-order chi connectivity index (χ1) is 12.8. The molecule has 1 amide bonds. The molecule has 6 nitrogen and oxygen atoms in total. The number of amides is 1. The number of benzene rings is 1. The van der Waals surface area contributed by atoms with Crippen molar-refractivity contribution in [2.75, 3.05) is 19.4 Å². The van der Waals surface area contributed by atoms with Gasteiger partial charge >= 0.3 is 12.4 Å². The van der Waals surface area contributed by atoms with Gasteiger partial charge in [0, 0.05) is 19.5 Å². The van der Waals surface area contributed by atoms with Gasteiger partial charge in [0.25, 0.3) is 5.91 Å². The molecule has 28 heavy (non-hydrogen) atoms. The Morgan fingerprint density at radius 3 is 2.36 bits per heavy atom. The lowest BCUT2D eigenvalue weighted by molar-refractivity contribution is -0.142. The molecule has 0 spiro atoms. The highest BCUT2D eigenvalue weighted by atomic mass is 19.4. The Bertz CT molecular complexity index is 907. The average molecular weight is 407 g/mol. The van der Waals surface area contributed by atoms with Crippen molar-refractivity contribution in [3.63, 3.8) is 0 Å². The summed E-state index contributed by atoms with van der Waals surface area (Å²) in [6.07, 6.45) is -7.93. The van der Waals surface area contributed by atoms with Crippen LogP contribution in [0.1, 0.15) is 18.1 Å². The number of nitrogens with one attached hydrogen (secondary N) is 1. The van der Waals surface area contributed by atoms with Crippen LogP contribution in [0.15, 0.2) is 23.3 Å². The van der Waals surface area contributed by atoms with Crippen LogP contribution in [0.4, 0.5) is 32.0 Å². The first kappa shape index (κ1) is 21.4. The zero-order chi connectivity index (χ0) is 21.3. The topological polar surface area (TPSA) is 70.5 Å². The van der Waals surface area contributed by atoms with E-state index in [1.165, 1.54) is 18.2 Å². The monoisotopic (exact) mass is 407 g/mol. The number of hydrogen-bond acceptors (Lipinski definition) is 4. The van der Waals surface area contributed by atoms with Crippen LogP contribution in [-0.4, -0.2) is 47.5 Å². The van der Waals surface area contributed by atoms with Crippen molar-refractivity contribution in [1.82, 2.24) is 15.1 Å². The summed E-state index contributed by atoms with van der Waals surface area (Å²) in [5, 5.41) is 8.84. The lowest BCUT2D eigenvalue weighted by Crippen LogP contribution is -2.26. The summed E-state index contributed by atoms with van der Waals surface area (Å²) >= 11 is 0. The molecule has 0 fully saturated rings. The molecule has 0 bridgehead atoms. The molecule has 12 heteroatoms. The maximum atomic E-state index is 13.3. The molecule has 0 radical (unpaired) electrons. The minimum Gasteiger partial charge on any atom is -0.372 e. The molecule has 0 aliphatic carbocycles. The number of nitrogens with zero attached hydrogens (tertiary/aromatic N) is 4. The second-order valence-electron chi connectivity index (χ2n) is 6.09. The normalized spacial score (nSPS) is 13.8. The van der Waals surface area contributed by atoms with Gasteiger partial charge in [0.05, 0.1) is 29.3 Å². The number of aromatic nitrogens is 2. The van der Waals surface area contributed by atoms with Gasteiger partial charge in [-0.1, -0.05) is 0 Å². The molecule has 1 aromatic carbocycles. The minimum absolute atomic E-state index is 0.0171. The molecule has 1 heterocycles. The summed E-state index contributed by atoms with van der Waals surface area (Å²) in [5.74, 6) is -0.679. The number of hydrogen-bond donors (Lipinski definition) is 1. The van der Waals surface area contributed by atoms with Crippen LogP contribution in [0.25, 0.3) is 10.9 Å². The molecule has 2 aromatic rings. The van der Waals surface area contributed by atoms with E-state index in [0.29, 0.717) is 6.07 Å². The fraction of sp³-hybridized carbons (Fsp3) is 0.375. The number of rotatable bonds is 4. The van der Waals surface area contributed by atoms with Crippen molar-refractivity contribution < 1.29 is 31.1 Å². The highest BCUT2D eigenvalue weighted by molar-refractivity contribution is 5.96. The fourth-order valence-corrected chi connectivity index (χ4v) is 2.24. The Hall–Kier alpha value is -2.92. The van der Waals surface area contributed by atoms with Crippen LogP contribution in [-0.2, 0) is 17.1 Å². The predicted octanol–water partition coefficient (Wildman–Crippen LogP) is 3.58. The van der Waals surface area contributed by atoms with Crippen LogP contribution in [0.5, 0.6) is 0 Å². The van der Waals surface area contributed by atoms with E-state index in [9.17, 15) is 31.1 Å². The first-order valence-electron chi connectivity index (χ1n) is 7.75. The summed E-state index contributed by atoms with van der Waals surface area (Å²) in [5.41, 5.74) is -4.03. The molecule has 0 saturated carbocycles. The van der Waals surface area contributed by atoms with E-state index in [0.717, 1.165) is 6.20 Å². The van der Waals surface area contributed by atoms with Crippen LogP contribution < -0.4 is 5.32 Å². The van der Waals surface area contributed by atoms with E-state index in [1.54, 1.807) is 14.1 Å². The Balaban J connectivity index is 2.57. The van der Waals surface area contributed by atoms with Gasteiger partial charge in [-0.25, -0.2) is 4.99 Å². The molecule has 1 aromatic heterocycles. The number of anilines is 1. The third kappa shape index (κ3) is 4.87. The summed E-state index contributed by atoms with van der Waals surface area (Å²) < 4.78 is 79.0. The number of halogens is 6. The Kier molecular flexibility index (Phi) is 5.80. The number of fused-ring (bicyclic) bond motifs is 1. The zero-order valence-electron chi connectivity index (χ0n) is 14.9.